The molecule has 0 bridgehead atoms. The van der Waals surface area contributed by atoms with Crippen molar-refractivity contribution in [2.24, 2.45) is 0 Å². The number of benzene rings is 1. The van der Waals surface area contributed by atoms with E-state index in [9.17, 15) is 14.0 Å². The van der Waals surface area contributed by atoms with E-state index in [2.05, 4.69) is 10.4 Å². The smallest absolute Gasteiger partial charge is 0.268 e. The maximum atomic E-state index is 13.2. The predicted octanol–water partition coefficient (Wildman–Crippen LogP) is 2.34. The summed E-state index contributed by atoms with van der Waals surface area (Å²) in [4.78, 5) is 25.8. The molecule has 1 amide bonds. The van der Waals surface area contributed by atoms with Crippen molar-refractivity contribution in [3.05, 3.63) is 75.2 Å². The van der Waals surface area contributed by atoms with Crippen LogP contribution in [0.1, 0.15) is 27.3 Å². The number of nitrogens with one attached hydrogen (secondary N) is 1. The summed E-state index contributed by atoms with van der Waals surface area (Å²) >= 11 is 0. The van der Waals surface area contributed by atoms with E-state index in [4.69, 9.17) is 5.11 Å². The largest absolute Gasteiger partial charge is 0.394 e. The molecule has 0 aliphatic carbocycles. The molecule has 2 heterocycles. The number of carbonyl (C=O) groups excluding carboxylic acids is 1. The van der Waals surface area contributed by atoms with Gasteiger partial charge in [-0.15, -0.1) is 0 Å². The van der Waals surface area contributed by atoms with Gasteiger partial charge < -0.3 is 10.4 Å². The summed E-state index contributed by atoms with van der Waals surface area (Å²) in [6.45, 7) is 5.44. The van der Waals surface area contributed by atoms with Crippen LogP contribution in [-0.2, 0) is 6.54 Å². The zero-order chi connectivity index (χ0) is 20.4. The van der Waals surface area contributed by atoms with Crippen molar-refractivity contribution < 1.29 is 14.3 Å². The van der Waals surface area contributed by atoms with Gasteiger partial charge >= 0.3 is 0 Å². The van der Waals surface area contributed by atoms with Gasteiger partial charge in [0.15, 0.2) is 0 Å². The molecular formula is C20H21FN4O3. The van der Waals surface area contributed by atoms with E-state index in [1.807, 2.05) is 0 Å². The first-order chi connectivity index (χ1) is 13.3. The zero-order valence-electron chi connectivity index (χ0n) is 15.9. The summed E-state index contributed by atoms with van der Waals surface area (Å²) in [7, 11) is 0. The standard InChI is InChI=1S/C20H21FN4O3/c1-12-8-9-24(16-6-4-15(21)5-7-16)20(28)17(12)19(27)22-18-13(2)23-25(10-11-26)14(18)3/h4-9,26H,10-11H2,1-3H3,(H,22,27). The normalized spacial score (nSPS) is 10.9. The highest BCUT2D eigenvalue weighted by atomic mass is 19.1. The number of hydrogen-bond acceptors (Lipinski definition) is 4. The van der Waals surface area contributed by atoms with Gasteiger partial charge in [0.25, 0.3) is 11.5 Å². The first-order valence-electron chi connectivity index (χ1n) is 8.78. The van der Waals surface area contributed by atoms with Gasteiger partial charge in [-0.3, -0.25) is 18.8 Å². The molecule has 0 fully saturated rings. The molecule has 0 saturated carbocycles. The van der Waals surface area contributed by atoms with E-state index in [1.54, 1.807) is 37.7 Å². The number of halogens is 1. The van der Waals surface area contributed by atoms with Crippen LogP contribution in [0.2, 0.25) is 0 Å². The van der Waals surface area contributed by atoms with Crippen LogP contribution in [0.15, 0.2) is 41.3 Å². The number of aryl methyl sites for hydroxylation is 2. The Morgan fingerprint density at radius 3 is 2.50 bits per heavy atom. The molecule has 0 unspecified atom stereocenters. The van der Waals surface area contributed by atoms with E-state index in [0.29, 0.717) is 34.9 Å². The Morgan fingerprint density at radius 1 is 1.18 bits per heavy atom. The first kappa shape index (κ1) is 19.5. The fourth-order valence-electron chi connectivity index (χ4n) is 3.07. The van der Waals surface area contributed by atoms with Gasteiger partial charge in [-0.2, -0.15) is 5.10 Å². The Hall–Kier alpha value is -3.26. The minimum Gasteiger partial charge on any atom is -0.394 e. The minimum atomic E-state index is -0.547. The van der Waals surface area contributed by atoms with Crippen molar-refractivity contribution >= 4 is 11.6 Å². The highest BCUT2D eigenvalue weighted by Gasteiger charge is 2.20. The quantitative estimate of drug-likeness (QED) is 0.707. The topological polar surface area (TPSA) is 89.2 Å². The molecule has 8 heteroatoms. The third-order valence-electron chi connectivity index (χ3n) is 4.56. The van der Waals surface area contributed by atoms with Gasteiger partial charge in [0.05, 0.1) is 30.2 Å². The molecule has 1 aromatic carbocycles. The second-order valence-corrected chi connectivity index (χ2v) is 6.47. The number of carbonyl (C=O) groups is 1. The average molecular weight is 384 g/mol. The molecule has 3 aromatic rings. The second-order valence-electron chi connectivity index (χ2n) is 6.47. The SMILES string of the molecule is Cc1ccn(-c2ccc(F)cc2)c(=O)c1C(=O)Nc1c(C)nn(CCO)c1C. The molecule has 0 saturated heterocycles. The van der Waals surface area contributed by atoms with Crippen molar-refractivity contribution in [3.8, 4) is 5.69 Å². The summed E-state index contributed by atoms with van der Waals surface area (Å²) in [6.07, 6.45) is 1.55. The Labute approximate surface area is 161 Å². The lowest BCUT2D eigenvalue weighted by molar-refractivity contribution is 0.102. The molecule has 0 aliphatic heterocycles. The van der Waals surface area contributed by atoms with Gasteiger partial charge in [0.2, 0.25) is 0 Å². The summed E-state index contributed by atoms with van der Waals surface area (Å²) in [6, 6.07) is 7.11. The lowest BCUT2D eigenvalue weighted by atomic mass is 10.1. The molecule has 2 N–H and O–H groups in total. The Kier molecular flexibility index (Phi) is 5.41. The molecule has 28 heavy (non-hydrogen) atoms. The van der Waals surface area contributed by atoms with Gasteiger partial charge in [0.1, 0.15) is 11.4 Å². The number of nitrogens with zero attached hydrogens (tertiary/aromatic N) is 3. The maximum absolute atomic E-state index is 13.2. The molecular weight excluding hydrogens is 363 g/mol. The zero-order valence-corrected chi connectivity index (χ0v) is 15.9. The number of anilines is 1. The summed E-state index contributed by atoms with van der Waals surface area (Å²) in [5.41, 5.74) is 2.28. The second kappa shape index (κ2) is 7.77. The summed E-state index contributed by atoms with van der Waals surface area (Å²) in [5.74, 6) is -0.957. The highest BCUT2D eigenvalue weighted by Crippen LogP contribution is 2.20. The Morgan fingerprint density at radius 2 is 1.86 bits per heavy atom. The molecule has 2 aromatic heterocycles. The number of pyridine rings is 1. The minimum absolute atomic E-state index is 0.000494. The molecule has 146 valence electrons. The van der Waals surface area contributed by atoms with E-state index in [1.165, 1.54) is 28.8 Å². The lowest BCUT2D eigenvalue weighted by Crippen LogP contribution is -2.29. The summed E-state index contributed by atoms with van der Waals surface area (Å²) in [5, 5.41) is 16.2. The van der Waals surface area contributed by atoms with Crippen LogP contribution < -0.4 is 10.9 Å². The monoisotopic (exact) mass is 384 g/mol. The first-order valence-corrected chi connectivity index (χ1v) is 8.78. The molecule has 0 atom stereocenters. The third kappa shape index (κ3) is 3.59. The van der Waals surface area contributed by atoms with E-state index < -0.39 is 17.3 Å². The van der Waals surface area contributed by atoms with Crippen LogP contribution in [0.3, 0.4) is 0 Å². The molecule has 7 nitrogen and oxygen atoms in total. The average Bonchev–Trinajstić information content (AvgIpc) is 2.91. The predicted molar refractivity (Wildman–Crippen MR) is 103 cm³/mol. The van der Waals surface area contributed by atoms with Crippen LogP contribution in [0, 0.1) is 26.6 Å². The fraction of sp³-hybridized carbons (Fsp3) is 0.250. The van der Waals surface area contributed by atoms with E-state index >= 15 is 0 Å². The van der Waals surface area contributed by atoms with Crippen molar-refractivity contribution in [2.45, 2.75) is 27.3 Å². The van der Waals surface area contributed by atoms with Crippen LogP contribution >= 0.6 is 0 Å². The van der Waals surface area contributed by atoms with Crippen LogP contribution in [0.25, 0.3) is 5.69 Å². The van der Waals surface area contributed by atoms with Crippen molar-refractivity contribution in [2.75, 3.05) is 11.9 Å². The van der Waals surface area contributed by atoms with E-state index in [-0.39, 0.29) is 12.2 Å². The maximum Gasteiger partial charge on any atom is 0.268 e. The third-order valence-corrected chi connectivity index (χ3v) is 4.56. The Bertz CT molecular complexity index is 1080. The van der Waals surface area contributed by atoms with E-state index in [0.717, 1.165) is 0 Å². The summed E-state index contributed by atoms with van der Waals surface area (Å²) < 4.78 is 16.1. The number of aliphatic hydroxyl groups is 1. The van der Waals surface area contributed by atoms with Crippen molar-refractivity contribution in [1.82, 2.24) is 14.3 Å². The van der Waals surface area contributed by atoms with Gasteiger partial charge in [-0.25, -0.2) is 4.39 Å². The number of aliphatic hydroxyl groups excluding tert-OH is 1. The number of amides is 1. The number of rotatable bonds is 5. The molecule has 0 radical (unpaired) electrons. The molecule has 3 rings (SSSR count). The lowest BCUT2D eigenvalue weighted by Gasteiger charge is -2.12. The molecule has 0 spiro atoms. The fourth-order valence-corrected chi connectivity index (χ4v) is 3.07. The number of aromatic nitrogens is 3. The van der Waals surface area contributed by atoms with Gasteiger partial charge in [0, 0.05) is 11.9 Å². The van der Waals surface area contributed by atoms with Crippen LogP contribution in [-0.4, -0.2) is 32.0 Å². The molecule has 0 aliphatic rings. The van der Waals surface area contributed by atoms with Crippen LogP contribution in [0.4, 0.5) is 10.1 Å². The highest BCUT2D eigenvalue weighted by molar-refractivity contribution is 6.05. The van der Waals surface area contributed by atoms with Crippen molar-refractivity contribution in [3.63, 3.8) is 0 Å². The van der Waals surface area contributed by atoms with Gasteiger partial charge in [-0.1, -0.05) is 0 Å². The van der Waals surface area contributed by atoms with Crippen molar-refractivity contribution in [1.29, 1.82) is 0 Å². The number of hydrogen-bond donors (Lipinski definition) is 2. The van der Waals surface area contributed by atoms with Crippen LogP contribution in [0.5, 0.6) is 0 Å². The Balaban J connectivity index is 2.00. The van der Waals surface area contributed by atoms with Gasteiger partial charge in [-0.05, 0) is 56.7 Å².